The molecule has 2 fully saturated rings. The third-order valence-electron chi connectivity index (χ3n) is 5.27. The molecule has 0 saturated carbocycles. The predicted octanol–water partition coefficient (Wildman–Crippen LogP) is 1.50. The zero-order valence-corrected chi connectivity index (χ0v) is 13.4. The maximum absolute atomic E-state index is 12.6. The number of nitrogens with two attached hydrogens (primary N) is 1. The van der Waals surface area contributed by atoms with Crippen molar-refractivity contribution in [3.8, 4) is 0 Å². The number of hydrogen-bond acceptors (Lipinski definition) is 3. The molecule has 0 spiro atoms. The van der Waals surface area contributed by atoms with Crippen molar-refractivity contribution in [2.24, 2.45) is 11.7 Å². The summed E-state index contributed by atoms with van der Waals surface area (Å²) in [6.07, 6.45) is 4.21. The molecule has 1 aromatic rings. The van der Waals surface area contributed by atoms with Gasteiger partial charge in [-0.3, -0.25) is 4.79 Å². The van der Waals surface area contributed by atoms with Crippen LogP contribution >= 0.6 is 0 Å². The molecule has 4 nitrogen and oxygen atoms in total. The van der Waals surface area contributed by atoms with E-state index in [-0.39, 0.29) is 5.91 Å². The van der Waals surface area contributed by atoms with E-state index in [1.807, 2.05) is 35.2 Å². The normalized spacial score (nSPS) is 27.3. The summed E-state index contributed by atoms with van der Waals surface area (Å²) >= 11 is 0. The minimum Gasteiger partial charge on any atom is -0.341 e. The van der Waals surface area contributed by atoms with E-state index < -0.39 is 6.04 Å². The Labute approximate surface area is 133 Å². The second kappa shape index (κ2) is 6.80. The molecule has 0 radical (unpaired) electrons. The summed E-state index contributed by atoms with van der Waals surface area (Å²) in [6, 6.07) is 10.3. The number of amides is 1. The highest BCUT2D eigenvalue weighted by Crippen LogP contribution is 2.29. The first-order valence-electron chi connectivity index (χ1n) is 8.43. The average Bonchev–Trinajstić information content (AvgIpc) is 2.55. The fourth-order valence-corrected chi connectivity index (χ4v) is 4.04. The molecule has 2 heterocycles. The first-order chi connectivity index (χ1) is 10.6. The highest BCUT2D eigenvalue weighted by atomic mass is 16.2. The molecule has 22 heavy (non-hydrogen) atoms. The van der Waals surface area contributed by atoms with E-state index in [1.54, 1.807) is 0 Å². The van der Waals surface area contributed by atoms with Gasteiger partial charge in [0.05, 0.1) is 6.04 Å². The summed E-state index contributed by atoms with van der Waals surface area (Å²) in [5, 5.41) is 0. The molecular formula is C18H27N3O. The van der Waals surface area contributed by atoms with Gasteiger partial charge in [0, 0.05) is 19.1 Å². The quantitative estimate of drug-likeness (QED) is 0.920. The number of hydrogen-bond donors (Lipinski definition) is 1. The van der Waals surface area contributed by atoms with Crippen molar-refractivity contribution in [2.45, 2.75) is 37.8 Å². The molecule has 0 aromatic heterocycles. The summed E-state index contributed by atoms with van der Waals surface area (Å²) in [7, 11) is 2.22. The lowest BCUT2D eigenvalue weighted by Crippen LogP contribution is -2.56. The number of nitrogens with zero attached hydrogens (tertiary/aromatic N) is 2. The Hall–Kier alpha value is -1.39. The lowest BCUT2D eigenvalue weighted by molar-refractivity contribution is -0.136. The molecule has 4 heteroatoms. The summed E-state index contributed by atoms with van der Waals surface area (Å²) in [5.41, 5.74) is 7.31. The van der Waals surface area contributed by atoms with Gasteiger partial charge in [-0.2, -0.15) is 0 Å². The molecule has 3 rings (SSSR count). The van der Waals surface area contributed by atoms with Crippen LogP contribution in [0.1, 0.15) is 24.8 Å². The lowest BCUT2D eigenvalue weighted by atomic mass is 9.84. The number of carbonyl (C=O) groups is 1. The molecule has 120 valence electrons. The van der Waals surface area contributed by atoms with E-state index in [4.69, 9.17) is 5.73 Å². The summed E-state index contributed by atoms with van der Waals surface area (Å²) in [4.78, 5) is 17.1. The summed E-state index contributed by atoms with van der Waals surface area (Å²) in [5.74, 6) is 0.746. The Morgan fingerprint density at radius 1 is 1.27 bits per heavy atom. The van der Waals surface area contributed by atoms with E-state index in [2.05, 4.69) is 11.9 Å². The van der Waals surface area contributed by atoms with Crippen molar-refractivity contribution in [3.63, 3.8) is 0 Å². The van der Waals surface area contributed by atoms with E-state index in [1.165, 1.54) is 19.4 Å². The maximum Gasteiger partial charge on any atom is 0.239 e. The molecular weight excluding hydrogens is 274 g/mol. The van der Waals surface area contributed by atoms with Crippen molar-refractivity contribution in [2.75, 3.05) is 26.7 Å². The van der Waals surface area contributed by atoms with Crippen LogP contribution in [0.3, 0.4) is 0 Å². The van der Waals surface area contributed by atoms with Crippen LogP contribution < -0.4 is 5.73 Å². The molecule has 0 aliphatic carbocycles. The Morgan fingerprint density at radius 2 is 2.05 bits per heavy atom. The second-order valence-electron chi connectivity index (χ2n) is 6.82. The number of likely N-dealkylation sites (tertiary alicyclic amines) is 2. The second-order valence-corrected chi connectivity index (χ2v) is 6.82. The van der Waals surface area contributed by atoms with Crippen LogP contribution in [0.2, 0.25) is 0 Å². The Bertz CT molecular complexity index is 504. The van der Waals surface area contributed by atoms with Gasteiger partial charge in [-0.25, -0.2) is 0 Å². The van der Waals surface area contributed by atoms with Crippen LogP contribution in [0.15, 0.2) is 30.3 Å². The van der Waals surface area contributed by atoms with Gasteiger partial charge >= 0.3 is 0 Å². The van der Waals surface area contributed by atoms with Gasteiger partial charge in [0.1, 0.15) is 0 Å². The van der Waals surface area contributed by atoms with E-state index in [0.717, 1.165) is 25.1 Å². The monoisotopic (exact) mass is 301 g/mol. The van der Waals surface area contributed by atoms with Crippen LogP contribution in [0.4, 0.5) is 0 Å². The SMILES string of the molecule is CN1CCCC2CN(C(=O)[C@@H](N)Cc3ccccc3)CCC21. The largest absolute Gasteiger partial charge is 0.341 e. The molecule has 2 aliphatic heterocycles. The molecule has 2 unspecified atom stereocenters. The number of carbonyl (C=O) groups excluding carboxylic acids is 1. The van der Waals surface area contributed by atoms with Crippen molar-refractivity contribution < 1.29 is 4.79 Å². The van der Waals surface area contributed by atoms with Gasteiger partial charge < -0.3 is 15.5 Å². The van der Waals surface area contributed by atoms with Gasteiger partial charge in [-0.15, -0.1) is 0 Å². The van der Waals surface area contributed by atoms with Crippen LogP contribution in [0, 0.1) is 5.92 Å². The minimum absolute atomic E-state index is 0.121. The van der Waals surface area contributed by atoms with Crippen molar-refractivity contribution in [3.05, 3.63) is 35.9 Å². The Kier molecular flexibility index (Phi) is 4.79. The summed E-state index contributed by atoms with van der Waals surface area (Å²) < 4.78 is 0. The number of piperidine rings is 2. The van der Waals surface area contributed by atoms with Gasteiger partial charge in [0.25, 0.3) is 0 Å². The summed E-state index contributed by atoms with van der Waals surface area (Å²) in [6.45, 7) is 2.94. The zero-order valence-electron chi connectivity index (χ0n) is 13.4. The van der Waals surface area contributed by atoms with Gasteiger partial charge in [0.2, 0.25) is 5.91 Å². The fraction of sp³-hybridized carbons (Fsp3) is 0.611. The van der Waals surface area contributed by atoms with Crippen molar-refractivity contribution in [1.29, 1.82) is 0 Å². The predicted molar refractivity (Wildman–Crippen MR) is 88.5 cm³/mol. The molecule has 2 N–H and O–H groups in total. The Morgan fingerprint density at radius 3 is 2.82 bits per heavy atom. The number of benzene rings is 1. The van der Waals surface area contributed by atoms with E-state index in [9.17, 15) is 4.79 Å². The number of rotatable bonds is 3. The highest BCUT2D eigenvalue weighted by molar-refractivity contribution is 5.82. The van der Waals surface area contributed by atoms with Gasteiger partial charge in [0.15, 0.2) is 0 Å². The standard InChI is InChI=1S/C18H27N3O/c1-20-10-5-8-15-13-21(11-9-17(15)20)18(22)16(19)12-14-6-3-2-4-7-14/h2-4,6-7,15-17H,5,8-13,19H2,1H3/t15?,16-,17?/m0/s1. The van der Waals surface area contributed by atoms with Crippen LogP contribution in [0.25, 0.3) is 0 Å². The molecule has 0 bridgehead atoms. The first-order valence-corrected chi connectivity index (χ1v) is 8.43. The third-order valence-corrected chi connectivity index (χ3v) is 5.27. The highest BCUT2D eigenvalue weighted by Gasteiger charge is 2.36. The third kappa shape index (κ3) is 3.33. The average molecular weight is 301 g/mol. The molecule has 1 aromatic carbocycles. The lowest BCUT2D eigenvalue weighted by Gasteiger charge is -2.46. The van der Waals surface area contributed by atoms with Gasteiger partial charge in [-0.05, 0) is 50.8 Å². The van der Waals surface area contributed by atoms with Crippen LogP contribution in [0.5, 0.6) is 0 Å². The zero-order chi connectivity index (χ0) is 15.5. The van der Waals surface area contributed by atoms with Gasteiger partial charge in [-0.1, -0.05) is 30.3 Å². The first kappa shape index (κ1) is 15.5. The van der Waals surface area contributed by atoms with Crippen LogP contribution in [-0.2, 0) is 11.2 Å². The van der Waals surface area contributed by atoms with Crippen molar-refractivity contribution in [1.82, 2.24) is 9.80 Å². The maximum atomic E-state index is 12.6. The van der Waals surface area contributed by atoms with E-state index in [0.29, 0.717) is 18.4 Å². The molecule has 3 atom stereocenters. The molecule has 2 aliphatic rings. The minimum atomic E-state index is -0.416. The smallest absolute Gasteiger partial charge is 0.239 e. The Balaban J connectivity index is 1.58. The molecule has 1 amide bonds. The van der Waals surface area contributed by atoms with Crippen molar-refractivity contribution >= 4 is 5.91 Å². The van der Waals surface area contributed by atoms with Crippen LogP contribution in [-0.4, -0.2) is 54.5 Å². The van der Waals surface area contributed by atoms with E-state index >= 15 is 0 Å². The fourth-order valence-electron chi connectivity index (χ4n) is 4.04. The molecule has 2 saturated heterocycles. The topological polar surface area (TPSA) is 49.6 Å². The number of fused-ring (bicyclic) bond motifs is 1.